The molecule has 19 heavy (non-hydrogen) atoms. The normalized spacial score (nSPS) is 11.7. The monoisotopic (exact) mass is 288 g/mol. The largest absolute Gasteiger partial charge is 0.394 e. The van der Waals surface area contributed by atoms with Crippen molar-refractivity contribution in [3.05, 3.63) is 29.0 Å². The Balaban J connectivity index is 2.65. The van der Waals surface area contributed by atoms with Crippen molar-refractivity contribution < 1.29 is 14.3 Å². The van der Waals surface area contributed by atoms with Crippen molar-refractivity contribution in [2.75, 3.05) is 25.5 Å². The standard InChI is InChI=1S/C13H18ClFN2O2/c1-13(2,8-18)17(3)7-12(19)16-11-5-4-9(14)6-10(11)15/h4-6,18H,7-8H2,1-3H3,(H,16,19). The molecule has 1 amide bonds. The molecule has 0 atom stereocenters. The lowest BCUT2D eigenvalue weighted by Crippen LogP contribution is -2.47. The van der Waals surface area contributed by atoms with Crippen molar-refractivity contribution in [1.29, 1.82) is 0 Å². The van der Waals surface area contributed by atoms with E-state index in [9.17, 15) is 14.3 Å². The summed E-state index contributed by atoms with van der Waals surface area (Å²) in [7, 11) is 1.72. The highest BCUT2D eigenvalue weighted by Crippen LogP contribution is 2.19. The maximum atomic E-state index is 13.5. The third-order valence-corrected chi connectivity index (χ3v) is 3.24. The molecule has 2 N–H and O–H groups in total. The molecule has 0 fully saturated rings. The summed E-state index contributed by atoms with van der Waals surface area (Å²) >= 11 is 5.63. The van der Waals surface area contributed by atoms with E-state index >= 15 is 0 Å². The fourth-order valence-electron chi connectivity index (χ4n) is 1.33. The maximum absolute atomic E-state index is 13.5. The van der Waals surface area contributed by atoms with E-state index in [4.69, 9.17) is 11.6 Å². The van der Waals surface area contributed by atoms with Crippen LogP contribution in [-0.2, 0) is 4.79 Å². The van der Waals surface area contributed by atoms with E-state index in [1.807, 2.05) is 13.8 Å². The van der Waals surface area contributed by atoms with E-state index in [1.54, 1.807) is 11.9 Å². The Hall–Kier alpha value is -1.17. The molecule has 0 bridgehead atoms. The smallest absolute Gasteiger partial charge is 0.238 e. The molecule has 4 nitrogen and oxygen atoms in total. The molecule has 0 radical (unpaired) electrons. The number of hydrogen-bond donors (Lipinski definition) is 2. The molecular weight excluding hydrogens is 271 g/mol. The molecule has 0 aromatic heterocycles. The molecular formula is C13H18ClFN2O2. The molecule has 0 aliphatic carbocycles. The molecule has 1 aromatic rings. The number of aliphatic hydroxyl groups is 1. The molecule has 0 aliphatic heterocycles. The zero-order chi connectivity index (χ0) is 14.6. The lowest BCUT2D eigenvalue weighted by atomic mass is 10.1. The number of carbonyl (C=O) groups is 1. The predicted octanol–water partition coefficient (Wildman–Crippen LogP) is 2.12. The minimum absolute atomic E-state index is 0.0512. The lowest BCUT2D eigenvalue weighted by Gasteiger charge is -2.33. The SMILES string of the molecule is CN(CC(=O)Nc1ccc(Cl)cc1F)C(C)(C)CO. The van der Waals surface area contributed by atoms with Crippen LogP contribution in [0.3, 0.4) is 0 Å². The first kappa shape index (κ1) is 15.9. The summed E-state index contributed by atoms with van der Waals surface area (Å²) in [6, 6.07) is 4.05. The van der Waals surface area contributed by atoms with Gasteiger partial charge in [0.1, 0.15) is 5.82 Å². The Morgan fingerprint density at radius 3 is 2.68 bits per heavy atom. The number of aliphatic hydroxyl groups excluding tert-OH is 1. The van der Waals surface area contributed by atoms with Gasteiger partial charge >= 0.3 is 0 Å². The fraction of sp³-hybridized carbons (Fsp3) is 0.462. The maximum Gasteiger partial charge on any atom is 0.238 e. The van der Waals surface area contributed by atoms with Crippen LogP contribution >= 0.6 is 11.6 Å². The molecule has 0 heterocycles. The van der Waals surface area contributed by atoms with Gasteiger partial charge in [-0.15, -0.1) is 0 Å². The Kier molecular flexibility index (Phi) is 5.29. The van der Waals surface area contributed by atoms with Crippen molar-refractivity contribution in [2.24, 2.45) is 0 Å². The van der Waals surface area contributed by atoms with Gasteiger partial charge in [0.25, 0.3) is 0 Å². The van der Waals surface area contributed by atoms with Crippen molar-refractivity contribution in [2.45, 2.75) is 19.4 Å². The summed E-state index contributed by atoms with van der Waals surface area (Å²) in [5.41, 5.74) is -0.430. The molecule has 0 aliphatic rings. The number of rotatable bonds is 5. The zero-order valence-corrected chi connectivity index (χ0v) is 12.0. The summed E-state index contributed by atoms with van der Waals surface area (Å²) in [5.74, 6) is -0.935. The quantitative estimate of drug-likeness (QED) is 0.873. The molecule has 0 unspecified atom stereocenters. The second kappa shape index (κ2) is 6.32. The highest BCUT2D eigenvalue weighted by Gasteiger charge is 2.24. The number of carbonyl (C=O) groups excluding carboxylic acids is 1. The minimum Gasteiger partial charge on any atom is -0.394 e. The fourth-order valence-corrected chi connectivity index (χ4v) is 1.49. The molecule has 0 spiro atoms. The molecule has 1 rings (SSSR count). The number of hydrogen-bond acceptors (Lipinski definition) is 3. The van der Waals surface area contributed by atoms with Crippen molar-refractivity contribution >= 4 is 23.2 Å². The average molecular weight is 289 g/mol. The summed E-state index contributed by atoms with van der Waals surface area (Å²) < 4.78 is 13.5. The second-order valence-electron chi connectivity index (χ2n) is 5.00. The van der Waals surface area contributed by atoms with Gasteiger partial charge in [-0.1, -0.05) is 11.6 Å². The van der Waals surface area contributed by atoms with E-state index < -0.39 is 11.4 Å². The first-order valence-corrected chi connectivity index (χ1v) is 6.21. The van der Waals surface area contributed by atoms with Crippen LogP contribution in [0, 0.1) is 5.82 Å². The van der Waals surface area contributed by atoms with Gasteiger partial charge in [0.15, 0.2) is 0 Å². The molecule has 0 saturated heterocycles. The van der Waals surface area contributed by atoms with Crippen LogP contribution in [0.25, 0.3) is 0 Å². The van der Waals surface area contributed by atoms with Gasteiger partial charge in [0, 0.05) is 10.6 Å². The second-order valence-corrected chi connectivity index (χ2v) is 5.44. The Morgan fingerprint density at radius 1 is 1.53 bits per heavy atom. The van der Waals surface area contributed by atoms with Crippen LogP contribution in [0.15, 0.2) is 18.2 Å². The molecule has 106 valence electrons. The molecule has 0 saturated carbocycles. The van der Waals surface area contributed by atoms with Gasteiger partial charge in [-0.3, -0.25) is 9.69 Å². The van der Waals surface area contributed by atoms with Crippen LogP contribution in [0.5, 0.6) is 0 Å². The highest BCUT2D eigenvalue weighted by molar-refractivity contribution is 6.30. The first-order chi connectivity index (χ1) is 8.76. The van der Waals surface area contributed by atoms with Gasteiger partial charge in [0.05, 0.1) is 18.8 Å². The number of amides is 1. The average Bonchev–Trinajstić information content (AvgIpc) is 2.32. The third-order valence-electron chi connectivity index (χ3n) is 3.01. The number of anilines is 1. The summed E-state index contributed by atoms with van der Waals surface area (Å²) in [4.78, 5) is 13.5. The van der Waals surface area contributed by atoms with Crippen molar-refractivity contribution in [3.63, 3.8) is 0 Å². The Labute approximate surface area is 117 Å². The van der Waals surface area contributed by atoms with Gasteiger partial charge in [-0.25, -0.2) is 4.39 Å². The molecule has 6 heteroatoms. The minimum atomic E-state index is -0.579. The van der Waals surface area contributed by atoms with Crippen LogP contribution < -0.4 is 5.32 Å². The Morgan fingerprint density at radius 2 is 2.16 bits per heavy atom. The lowest BCUT2D eigenvalue weighted by molar-refractivity contribution is -0.118. The van der Waals surface area contributed by atoms with Gasteiger partial charge in [-0.05, 0) is 39.1 Å². The van der Waals surface area contributed by atoms with Crippen LogP contribution in [0.1, 0.15) is 13.8 Å². The van der Waals surface area contributed by atoms with E-state index in [-0.39, 0.29) is 29.8 Å². The van der Waals surface area contributed by atoms with Gasteiger partial charge in [-0.2, -0.15) is 0 Å². The number of nitrogens with one attached hydrogen (secondary N) is 1. The van der Waals surface area contributed by atoms with Crippen LogP contribution in [0.2, 0.25) is 5.02 Å². The number of benzene rings is 1. The van der Waals surface area contributed by atoms with Crippen molar-refractivity contribution in [3.8, 4) is 0 Å². The predicted molar refractivity (Wildman–Crippen MR) is 73.8 cm³/mol. The third kappa shape index (κ3) is 4.45. The van der Waals surface area contributed by atoms with E-state index in [0.29, 0.717) is 0 Å². The highest BCUT2D eigenvalue weighted by atomic mass is 35.5. The number of likely N-dealkylation sites (N-methyl/N-ethyl adjacent to an activating group) is 1. The molecule has 1 aromatic carbocycles. The van der Waals surface area contributed by atoms with Crippen molar-refractivity contribution in [1.82, 2.24) is 4.90 Å². The number of nitrogens with zero attached hydrogens (tertiary/aromatic N) is 1. The van der Waals surface area contributed by atoms with E-state index in [2.05, 4.69) is 5.32 Å². The number of halogens is 2. The van der Waals surface area contributed by atoms with E-state index in [0.717, 1.165) is 6.07 Å². The van der Waals surface area contributed by atoms with Crippen LogP contribution in [0.4, 0.5) is 10.1 Å². The first-order valence-electron chi connectivity index (χ1n) is 5.83. The van der Waals surface area contributed by atoms with Gasteiger partial charge < -0.3 is 10.4 Å². The van der Waals surface area contributed by atoms with E-state index in [1.165, 1.54) is 12.1 Å². The van der Waals surface area contributed by atoms with Gasteiger partial charge in [0.2, 0.25) is 5.91 Å². The van der Waals surface area contributed by atoms with Crippen LogP contribution in [-0.4, -0.2) is 41.7 Å². The Bertz CT molecular complexity index is 466. The topological polar surface area (TPSA) is 52.6 Å². The summed E-state index contributed by atoms with van der Waals surface area (Å²) in [6.07, 6.45) is 0. The summed E-state index contributed by atoms with van der Waals surface area (Å²) in [6.45, 7) is 3.59. The summed E-state index contributed by atoms with van der Waals surface area (Å²) in [5, 5.41) is 11.9. The zero-order valence-electron chi connectivity index (χ0n) is 11.2.